The number of aliphatic hydroxyl groups excluding tert-OH is 4. The molecule has 0 saturated carbocycles. The molecule has 3 aliphatic rings. The molecule has 15 atom stereocenters. The second-order valence-electron chi connectivity index (χ2n) is 15.5. The molecule has 0 bridgehead atoms. The minimum absolute atomic E-state index is 0.0489. The number of phenolic OH excluding ortho intramolecular Hbond substituents is 3. The molecule has 66 heavy (non-hydrogen) atoms. The Hall–Kier alpha value is -5.47. The maximum absolute atomic E-state index is 13.8. The van der Waals surface area contributed by atoms with Crippen molar-refractivity contribution in [2.75, 3.05) is 19.8 Å². The third-order valence-electron chi connectivity index (χ3n) is 10.4. The molecule has 3 saturated heterocycles. The Morgan fingerprint density at radius 2 is 1.20 bits per heavy atom. The van der Waals surface area contributed by atoms with Gasteiger partial charge >= 0.3 is 29.8 Å². The topological polar surface area (TPSA) is 328 Å². The van der Waals surface area contributed by atoms with Crippen LogP contribution >= 0.6 is 0 Å². The van der Waals surface area contributed by atoms with Crippen LogP contribution in [-0.4, -0.2) is 178 Å². The fraction of sp³-hybridized carbons (Fsp3) is 0.558. The highest BCUT2D eigenvalue weighted by Crippen LogP contribution is 2.36. The summed E-state index contributed by atoms with van der Waals surface area (Å²) in [6, 6.07) is 9.72. The highest BCUT2D eigenvalue weighted by Gasteiger charge is 2.57. The molecule has 0 unspecified atom stereocenters. The summed E-state index contributed by atoms with van der Waals surface area (Å²) in [5.74, 6) is -5.51. The lowest BCUT2D eigenvalue weighted by atomic mass is 9.96. The molecule has 364 valence electrons. The van der Waals surface area contributed by atoms with Crippen molar-refractivity contribution >= 4 is 35.9 Å². The van der Waals surface area contributed by atoms with Crippen molar-refractivity contribution in [3.05, 3.63) is 59.7 Å². The summed E-state index contributed by atoms with van der Waals surface area (Å²) in [7, 11) is 0. The number of esters is 5. The number of carbonyl (C=O) groups is 5. The van der Waals surface area contributed by atoms with Crippen LogP contribution in [0.5, 0.6) is 17.2 Å². The van der Waals surface area contributed by atoms with Crippen LogP contribution in [0.4, 0.5) is 0 Å². The predicted octanol–water partition coefficient (Wildman–Crippen LogP) is -0.614. The summed E-state index contributed by atoms with van der Waals surface area (Å²) < 4.78 is 64.7. The van der Waals surface area contributed by atoms with E-state index in [-0.39, 0.29) is 24.5 Å². The van der Waals surface area contributed by atoms with Gasteiger partial charge in [-0.3, -0.25) is 19.2 Å². The number of phenols is 3. The Labute approximate surface area is 377 Å². The second kappa shape index (κ2) is 23.3. The molecule has 3 aliphatic heterocycles. The Morgan fingerprint density at radius 3 is 1.80 bits per heavy atom. The summed E-state index contributed by atoms with van der Waals surface area (Å²) in [6.07, 6.45) is -22.5. The summed E-state index contributed by atoms with van der Waals surface area (Å²) in [5, 5.41) is 71.1. The molecule has 0 radical (unpaired) electrons. The summed E-state index contributed by atoms with van der Waals surface area (Å²) in [6.45, 7) is 3.82. The highest BCUT2D eigenvalue weighted by atomic mass is 16.8. The normalized spacial score (nSPS) is 32.2. The second-order valence-corrected chi connectivity index (χ2v) is 15.5. The first kappa shape index (κ1) is 51.5. The van der Waals surface area contributed by atoms with Crippen molar-refractivity contribution in [2.45, 2.75) is 133 Å². The summed E-state index contributed by atoms with van der Waals surface area (Å²) in [4.78, 5) is 64.0. The molecule has 23 nitrogen and oxygen atoms in total. The van der Waals surface area contributed by atoms with Crippen molar-refractivity contribution in [3.63, 3.8) is 0 Å². The maximum Gasteiger partial charge on any atom is 0.331 e. The molecular formula is C43H54O23. The van der Waals surface area contributed by atoms with Crippen LogP contribution in [-0.2, 0) is 82.5 Å². The van der Waals surface area contributed by atoms with Crippen molar-refractivity contribution in [3.8, 4) is 17.2 Å². The quantitative estimate of drug-likeness (QED) is 0.0450. The third-order valence-corrected chi connectivity index (χ3v) is 10.4. The zero-order valence-corrected chi connectivity index (χ0v) is 36.3. The van der Waals surface area contributed by atoms with E-state index < -0.39 is 141 Å². The smallest absolute Gasteiger partial charge is 0.331 e. The van der Waals surface area contributed by atoms with E-state index in [4.69, 9.17) is 52.1 Å². The number of benzene rings is 2. The summed E-state index contributed by atoms with van der Waals surface area (Å²) in [5.41, 5.74) is 0.918. The number of aromatic hydroxyl groups is 3. The first-order valence-corrected chi connectivity index (χ1v) is 20.6. The number of rotatable bonds is 17. The van der Waals surface area contributed by atoms with Crippen LogP contribution in [0.1, 0.15) is 45.7 Å². The lowest BCUT2D eigenvalue weighted by Crippen LogP contribution is -2.67. The first-order valence-electron chi connectivity index (χ1n) is 20.6. The van der Waals surface area contributed by atoms with Crippen molar-refractivity contribution in [2.24, 2.45) is 0 Å². The van der Waals surface area contributed by atoms with Gasteiger partial charge in [-0.15, -0.1) is 0 Å². The number of ether oxygens (including phenoxy) is 11. The minimum Gasteiger partial charge on any atom is -0.508 e. The van der Waals surface area contributed by atoms with E-state index in [1.165, 1.54) is 55.5 Å². The fourth-order valence-corrected chi connectivity index (χ4v) is 7.33. The molecule has 7 N–H and O–H groups in total. The molecule has 0 amide bonds. The van der Waals surface area contributed by atoms with Crippen LogP contribution in [0.3, 0.4) is 0 Å². The predicted molar refractivity (Wildman–Crippen MR) is 216 cm³/mol. The van der Waals surface area contributed by atoms with Crippen LogP contribution in [0.2, 0.25) is 0 Å². The van der Waals surface area contributed by atoms with Gasteiger partial charge in [-0.1, -0.05) is 18.2 Å². The van der Waals surface area contributed by atoms with E-state index in [0.29, 0.717) is 11.1 Å². The number of hydrogen-bond donors (Lipinski definition) is 7. The maximum atomic E-state index is 13.8. The van der Waals surface area contributed by atoms with Gasteiger partial charge in [-0.05, 0) is 54.8 Å². The average molecular weight is 939 g/mol. The molecule has 5 rings (SSSR count). The summed E-state index contributed by atoms with van der Waals surface area (Å²) >= 11 is 0. The highest BCUT2D eigenvalue weighted by molar-refractivity contribution is 5.87. The molecule has 0 aromatic heterocycles. The van der Waals surface area contributed by atoms with E-state index in [1.54, 1.807) is 0 Å². The molecule has 0 spiro atoms. The number of aliphatic hydroxyl groups is 4. The van der Waals surface area contributed by atoms with Gasteiger partial charge in [-0.2, -0.15) is 0 Å². The molecule has 0 aliphatic carbocycles. The van der Waals surface area contributed by atoms with Gasteiger partial charge < -0.3 is 87.9 Å². The molecule has 2 aromatic carbocycles. The fourth-order valence-electron chi connectivity index (χ4n) is 7.33. The monoisotopic (exact) mass is 938 g/mol. The van der Waals surface area contributed by atoms with Crippen LogP contribution < -0.4 is 0 Å². The largest absolute Gasteiger partial charge is 0.508 e. The van der Waals surface area contributed by atoms with E-state index in [2.05, 4.69) is 0 Å². The SMILES string of the molecule is CC(=O)O[C@@H]1[C@@H](OC(C)=O)[C@H](C)O[C@@H](O[C@@H]2[C@@H](OC(C)=O)[C@H](OCCc3ccc(O)c(O)c3)O[C@H](CO[C@@H]3O[C@H](CO)[C@@H](O)[C@H](O)[C@H]3O)[C@H]2OC(=O)/C=C/c2ccc(O)cc2)[C@@H]1OC(C)=O. The zero-order chi connectivity index (χ0) is 48.4. The minimum atomic E-state index is -1.90. The van der Waals surface area contributed by atoms with Crippen LogP contribution in [0.25, 0.3) is 6.08 Å². The van der Waals surface area contributed by atoms with E-state index in [1.807, 2.05) is 0 Å². The molecule has 2 aromatic rings. The Balaban J connectivity index is 1.59. The number of carbonyl (C=O) groups excluding carboxylic acids is 5. The molecule has 3 heterocycles. The molecule has 23 heteroatoms. The Morgan fingerprint density at radius 1 is 0.606 bits per heavy atom. The van der Waals surface area contributed by atoms with Crippen molar-refractivity contribution in [1.82, 2.24) is 0 Å². The van der Waals surface area contributed by atoms with E-state index in [9.17, 15) is 59.7 Å². The van der Waals surface area contributed by atoms with Gasteiger partial charge in [0.25, 0.3) is 0 Å². The molecular weight excluding hydrogens is 884 g/mol. The Kier molecular flexibility index (Phi) is 18.2. The lowest BCUT2D eigenvalue weighted by molar-refractivity contribution is -0.365. The lowest BCUT2D eigenvalue weighted by Gasteiger charge is -2.49. The van der Waals surface area contributed by atoms with Gasteiger partial charge in [-0.25, -0.2) is 4.79 Å². The van der Waals surface area contributed by atoms with Crippen LogP contribution in [0.15, 0.2) is 48.5 Å². The standard InChI is InChI=1S/C43H54O23/c1-19-35(59-20(2)45)37(60-21(3)46)40(62-23(5)48)43(58-19)66-38-36(65-31(52)13-9-24-6-10-26(49)11-7-24)30(18-57-41-34(55)33(54)32(53)29(17-44)63-41)64-42(39(38)61-22(4)47)56-15-14-25-8-12-27(50)28(51)16-25/h6-13,16,19,29-30,32-44,49-51,53-55H,14-15,17-18H2,1-5H3/b13-9+/t19-,29+,30+,32+,33-,34+,35-,36+,37+,38-,39+,40+,41+,42+,43-/m0/s1. The van der Waals surface area contributed by atoms with E-state index in [0.717, 1.165) is 33.8 Å². The molecule has 3 fully saturated rings. The Bertz CT molecular complexity index is 2010. The van der Waals surface area contributed by atoms with Crippen molar-refractivity contribution in [1.29, 1.82) is 0 Å². The van der Waals surface area contributed by atoms with Gasteiger partial charge in [0.15, 0.2) is 60.9 Å². The van der Waals surface area contributed by atoms with Gasteiger partial charge in [0.2, 0.25) is 0 Å². The van der Waals surface area contributed by atoms with Gasteiger partial charge in [0.1, 0.15) is 42.4 Å². The third kappa shape index (κ3) is 13.6. The van der Waals surface area contributed by atoms with Gasteiger partial charge in [0, 0.05) is 33.8 Å². The van der Waals surface area contributed by atoms with Crippen LogP contribution in [0, 0.1) is 0 Å². The average Bonchev–Trinajstić information content (AvgIpc) is 3.24. The van der Waals surface area contributed by atoms with E-state index >= 15 is 0 Å². The first-order chi connectivity index (χ1) is 31.3. The van der Waals surface area contributed by atoms with Gasteiger partial charge in [0.05, 0.1) is 25.9 Å². The number of hydrogen-bond acceptors (Lipinski definition) is 23. The zero-order valence-electron chi connectivity index (χ0n) is 36.3. The van der Waals surface area contributed by atoms with Crippen molar-refractivity contribution < 1.29 is 112 Å².